The molecule has 1 aromatic carbocycles. The van der Waals surface area contributed by atoms with Gasteiger partial charge in [-0.15, -0.1) is 0 Å². The third-order valence-corrected chi connectivity index (χ3v) is 6.60. The second-order valence-corrected chi connectivity index (χ2v) is 8.95. The largest absolute Gasteiger partial charge is 0.490 e. The van der Waals surface area contributed by atoms with E-state index in [1.165, 1.54) is 0 Å². The number of rotatable bonds is 5. The first-order valence-electron chi connectivity index (χ1n) is 10.6. The Morgan fingerprint density at radius 1 is 1.19 bits per heavy atom. The molecule has 3 heterocycles. The molecule has 0 aliphatic carbocycles. The molecule has 0 saturated carbocycles. The molecule has 168 valence electrons. The van der Waals surface area contributed by atoms with Crippen LogP contribution >= 0.6 is 23.2 Å². The number of hydrogen-bond donors (Lipinski definition) is 0. The lowest BCUT2D eigenvalue weighted by atomic mass is 10.1. The second kappa shape index (κ2) is 9.77. The number of hydrogen-bond acceptors (Lipinski definition) is 6. The molecule has 2 aromatic rings. The number of ether oxygens (including phenoxy) is 2. The fourth-order valence-electron chi connectivity index (χ4n) is 4.20. The monoisotopic (exact) mass is 467 g/mol. The molecule has 31 heavy (non-hydrogen) atoms. The van der Waals surface area contributed by atoms with Crippen molar-refractivity contribution in [3.8, 4) is 5.75 Å². The highest BCUT2D eigenvalue weighted by molar-refractivity contribution is 6.42. The molecule has 2 fully saturated rings. The van der Waals surface area contributed by atoms with Gasteiger partial charge < -0.3 is 23.8 Å². The molecule has 0 bridgehead atoms. The molecule has 4 rings (SSSR count). The van der Waals surface area contributed by atoms with Crippen LogP contribution in [0.3, 0.4) is 0 Å². The first kappa shape index (κ1) is 22.4. The van der Waals surface area contributed by atoms with Crippen LogP contribution in [0.15, 0.2) is 22.7 Å². The quantitative estimate of drug-likeness (QED) is 0.662. The van der Waals surface area contributed by atoms with Crippen molar-refractivity contribution >= 4 is 29.1 Å². The van der Waals surface area contributed by atoms with E-state index in [0.717, 1.165) is 38.2 Å². The Hall–Kier alpha value is -1.80. The molecule has 1 aromatic heterocycles. The maximum absolute atomic E-state index is 12.9. The summed E-state index contributed by atoms with van der Waals surface area (Å²) in [7, 11) is 0. The topological polar surface area (TPSA) is 68.0 Å². The maximum atomic E-state index is 12.9. The fourth-order valence-corrected chi connectivity index (χ4v) is 4.49. The number of nitrogens with zero attached hydrogens (tertiary/aromatic N) is 3. The lowest BCUT2D eigenvalue weighted by Gasteiger charge is -2.38. The summed E-state index contributed by atoms with van der Waals surface area (Å²) in [5.74, 6) is 1.28. The summed E-state index contributed by atoms with van der Waals surface area (Å²) in [6.45, 7) is 7.90. The Labute approximate surface area is 192 Å². The zero-order valence-electron chi connectivity index (χ0n) is 17.8. The van der Waals surface area contributed by atoms with Gasteiger partial charge >= 0.3 is 0 Å². The summed E-state index contributed by atoms with van der Waals surface area (Å²) >= 11 is 12.0. The van der Waals surface area contributed by atoms with Crippen molar-refractivity contribution in [3.63, 3.8) is 0 Å². The highest BCUT2D eigenvalue weighted by Gasteiger charge is 2.30. The molecule has 7 nitrogen and oxygen atoms in total. The number of likely N-dealkylation sites (tertiary alicyclic amines) is 1. The van der Waals surface area contributed by atoms with Crippen LogP contribution in [-0.4, -0.2) is 72.4 Å². The van der Waals surface area contributed by atoms with Crippen LogP contribution in [0.4, 0.5) is 0 Å². The van der Waals surface area contributed by atoms with Crippen molar-refractivity contribution in [2.75, 3.05) is 39.3 Å². The van der Waals surface area contributed by atoms with Gasteiger partial charge in [-0.2, -0.15) is 0 Å². The third-order valence-electron chi connectivity index (χ3n) is 5.86. The van der Waals surface area contributed by atoms with E-state index in [4.69, 9.17) is 37.2 Å². The van der Waals surface area contributed by atoms with Crippen LogP contribution in [0, 0.1) is 13.8 Å². The number of aromatic nitrogens is 1. The number of halogens is 2. The third kappa shape index (κ3) is 5.34. The van der Waals surface area contributed by atoms with Crippen LogP contribution in [-0.2, 0) is 4.74 Å². The van der Waals surface area contributed by atoms with Gasteiger partial charge in [0.25, 0.3) is 5.91 Å². The minimum absolute atomic E-state index is 0.00860. The SMILES string of the molecule is Cc1noc(C)c1C(=O)N1CCOC(CN2CCC(Oc3ccc(Cl)c(Cl)c3)CC2)C1. The van der Waals surface area contributed by atoms with Gasteiger partial charge in [-0.05, 0) is 38.8 Å². The van der Waals surface area contributed by atoms with Gasteiger partial charge in [0.1, 0.15) is 23.2 Å². The summed E-state index contributed by atoms with van der Waals surface area (Å²) in [6, 6.07) is 5.36. The van der Waals surface area contributed by atoms with E-state index in [1.54, 1.807) is 26.0 Å². The number of amides is 1. The molecule has 0 N–H and O–H groups in total. The zero-order valence-corrected chi connectivity index (χ0v) is 19.3. The Bertz CT molecular complexity index is 908. The average molecular weight is 468 g/mol. The maximum Gasteiger partial charge on any atom is 0.259 e. The van der Waals surface area contributed by atoms with Crippen molar-refractivity contribution in [2.45, 2.75) is 38.9 Å². The van der Waals surface area contributed by atoms with Crippen molar-refractivity contribution in [3.05, 3.63) is 45.3 Å². The molecule has 1 amide bonds. The smallest absolute Gasteiger partial charge is 0.259 e. The van der Waals surface area contributed by atoms with Crippen molar-refractivity contribution in [1.82, 2.24) is 15.0 Å². The Kier molecular flexibility index (Phi) is 7.06. The lowest BCUT2D eigenvalue weighted by Crippen LogP contribution is -2.51. The molecule has 0 spiro atoms. The first-order valence-corrected chi connectivity index (χ1v) is 11.3. The number of carbonyl (C=O) groups excluding carboxylic acids is 1. The average Bonchev–Trinajstić information content (AvgIpc) is 3.10. The first-order chi connectivity index (χ1) is 14.9. The normalized spacial score (nSPS) is 20.8. The molecular formula is C22H27Cl2N3O4. The summed E-state index contributed by atoms with van der Waals surface area (Å²) in [6.07, 6.45) is 1.99. The van der Waals surface area contributed by atoms with Gasteiger partial charge in [0, 0.05) is 38.8 Å². The van der Waals surface area contributed by atoms with Crippen LogP contribution in [0.5, 0.6) is 5.75 Å². The number of aryl methyl sites for hydroxylation is 2. The Balaban J connectivity index is 1.26. The molecule has 2 aliphatic rings. The molecule has 0 radical (unpaired) electrons. The van der Waals surface area contributed by atoms with E-state index in [9.17, 15) is 4.79 Å². The van der Waals surface area contributed by atoms with Crippen molar-refractivity contribution in [1.29, 1.82) is 0 Å². The van der Waals surface area contributed by atoms with Crippen LogP contribution in [0.2, 0.25) is 10.0 Å². The zero-order chi connectivity index (χ0) is 22.0. The predicted molar refractivity (Wildman–Crippen MR) is 118 cm³/mol. The fraction of sp³-hybridized carbons (Fsp3) is 0.545. The van der Waals surface area contributed by atoms with Crippen LogP contribution in [0.25, 0.3) is 0 Å². The highest BCUT2D eigenvalue weighted by atomic mass is 35.5. The van der Waals surface area contributed by atoms with Gasteiger partial charge in [-0.3, -0.25) is 4.79 Å². The molecule has 2 saturated heterocycles. The van der Waals surface area contributed by atoms with Crippen LogP contribution < -0.4 is 4.74 Å². The number of benzene rings is 1. The van der Waals surface area contributed by atoms with E-state index >= 15 is 0 Å². The minimum atomic E-state index is -0.0294. The van der Waals surface area contributed by atoms with Gasteiger partial charge in [-0.1, -0.05) is 28.4 Å². The van der Waals surface area contributed by atoms with Gasteiger partial charge in [0.15, 0.2) is 0 Å². The molecule has 9 heteroatoms. The molecule has 1 atom stereocenters. The summed E-state index contributed by atoms with van der Waals surface area (Å²) in [4.78, 5) is 17.2. The van der Waals surface area contributed by atoms with E-state index in [1.807, 2.05) is 11.0 Å². The minimum Gasteiger partial charge on any atom is -0.490 e. The van der Waals surface area contributed by atoms with Crippen molar-refractivity contribution < 1.29 is 18.8 Å². The Morgan fingerprint density at radius 3 is 2.65 bits per heavy atom. The summed E-state index contributed by atoms with van der Waals surface area (Å²) < 4.78 is 17.2. The number of morpholine rings is 1. The van der Waals surface area contributed by atoms with Gasteiger partial charge in [-0.25, -0.2) is 0 Å². The van der Waals surface area contributed by atoms with E-state index in [2.05, 4.69) is 10.1 Å². The Morgan fingerprint density at radius 2 is 1.97 bits per heavy atom. The molecule has 1 unspecified atom stereocenters. The lowest BCUT2D eigenvalue weighted by molar-refractivity contribution is -0.0414. The standard InChI is InChI=1S/C22H27Cl2N3O4/c1-14-21(15(2)31-25-14)22(28)27-9-10-29-18(13-27)12-26-7-5-16(6-8-26)30-17-3-4-19(23)20(24)11-17/h3-4,11,16,18H,5-10,12-13H2,1-2H3. The van der Waals surface area contributed by atoms with E-state index in [0.29, 0.717) is 46.8 Å². The van der Waals surface area contributed by atoms with E-state index in [-0.39, 0.29) is 18.1 Å². The molecule has 2 aliphatic heterocycles. The van der Waals surface area contributed by atoms with Crippen LogP contribution in [0.1, 0.15) is 34.7 Å². The highest BCUT2D eigenvalue weighted by Crippen LogP contribution is 2.28. The predicted octanol–water partition coefficient (Wildman–Crippen LogP) is 3.98. The van der Waals surface area contributed by atoms with Gasteiger partial charge in [0.2, 0.25) is 0 Å². The van der Waals surface area contributed by atoms with Gasteiger partial charge in [0.05, 0.1) is 28.5 Å². The second-order valence-electron chi connectivity index (χ2n) is 8.14. The van der Waals surface area contributed by atoms with E-state index < -0.39 is 0 Å². The number of carbonyl (C=O) groups is 1. The van der Waals surface area contributed by atoms with Crippen molar-refractivity contribution in [2.24, 2.45) is 0 Å². The number of piperidine rings is 1. The summed E-state index contributed by atoms with van der Waals surface area (Å²) in [5.41, 5.74) is 1.20. The summed E-state index contributed by atoms with van der Waals surface area (Å²) in [5, 5.41) is 4.93. The molecular weight excluding hydrogens is 441 g/mol.